The van der Waals surface area contributed by atoms with Gasteiger partial charge in [-0.3, -0.25) is 14.4 Å². The maximum atomic E-state index is 11.4. The molecule has 2 N–H and O–H groups in total. The van der Waals surface area contributed by atoms with Gasteiger partial charge in [-0.1, -0.05) is 11.6 Å². The van der Waals surface area contributed by atoms with Gasteiger partial charge >= 0.3 is 0 Å². The fraction of sp³-hybridized carbons (Fsp3) is 0.667. The molecule has 0 bridgehead atoms. The third-order valence-corrected chi connectivity index (χ3v) is 4.27. The maximum Gasteiger partial charge on any atom is 0.224 e. The Morgan fingerprint density at radius 2 is 2.28 bits per heavy atom. The third-order valence-electron chi connectivity index (χ3n) is 3.80. The van der Waals surface area contributed by atoms with Gasteiger partial charge in [0.15, 0.2) is 0 Å². The van der Waals surface area contributed by atoms with Gasteiger partial charge in [0.05, 0.1) is 11.1 Å². The molecule has 0 radical (unpaired) electrons. The number of aromatic nitrogens is 2. The van der Waals surface area contributed by atoms with Gasteiger partial charge in [-0.25, -0.2) is 0 Å². The van der Waals surface area contributed by atoms with Gasteiger partial charge in [-0.2, -0.15) is 5.10 Å². The molecule has 5 nitrogen and oxygen atoms in total. The number of carbonyl (C=O) groups excluding carboxylic acids is 1. The van der Waals surface area contributed by atoms with Gasteiger partial charge in [-0.05, 0) is 26.8 Å². The number of halogens is 1. The smallest absolute Gasteiger partial charge is 0.224 e. The molecule has 1 aromatic heterocycles. The van der Waals surface area contributed by atoms with Gasteiger partial charge in [0.1, 0.15) is 5.15 Å². The molecule has 6 heteroatoms. The van der Waals surface area contributed by atoms with Crippen molar-refractivity contribution in [2.75, 3.05) is 13.1 Å². The summed E-state index contributed by atoms with van der Waals surface area (Å²) in [7, 11) is 1.83. The van der Waals surface area contributed by atoms with E-state index in [1.165, 1.54) is 0 Å². The minimum Gasteiger partial charge on any atom is -0.369 e. The van der Waals surface area contributed by atoms with Gasteiger partial charge in [0, 0.05) is 25.7 Å². The Morgan fingerprint density at radius 1 is 1.61 bits per heavy atom. The van der Waals surface area contributed by atoms with Crippen LogP contribution in [0.5, 0.6) is 0 Å². The number of nitrogens with two attached hydrogens (primary N) is 1. The van der Waals surface area contributed by atoms with E-state index in [0.717, 1.165) is 30.8 Å². The summed E-state index contributed by atoms with van der Waals surface area (Å²) < 4.78 is 1.68. The summed E-state index contributed by atoms with van der Waals surface area (Å²) in [6.45, 7) is 6.15. The molecule has 0 saturated carbocycles. The molecule has 1 saturated heterocycles. The molecule has 100 valence electrons. The highest BCUT2D eigenvalue weighted by atomic mass is 35.5. The van der Waals surface area contributed by atoms with Crippen molar-refractivity contribution in [3.05, 3.63) is 16.4 Å². The summed E-state index contributed by atoms with van der Waals surface area (Å²) in [6.07, 6.45) is 0.805. The molecule has 1 aromatic rings. The Labute approximate surface area is 112 Å². The van der Waals surface area contributed by atoms with E-state index in [0.29, 0.717) is 11.7 Å². The molecule has 2 rings (SSSR count). The molecule has 1 amide bonds. The molecule has 1 aliphatic heterocycles. The van der Waals surface area contributed by atoms with E-state index in [1.807, 2.05) is 20.9 Å². The van der Waals surface area contributed by atoms with Gasteiger partial charge < -0.3 is 5.73 Å². The van der Waals surface area contributed by atoms with Crippen LogP contribution in [0.3, 0.4) is 0 Å². The van der Waals surface area contributed by atoms with Crippen LogP contribution in [-0.4, -0.2) is 33.7 Å². The van der Waals surface area contributed by atoms with Crippen molar-refractivity contribution >= 4 is 17.5 Å². The van der Waals surface area contributed by atoms with E-state index < -0.39 is 5.41 Å². The molecule has 0 spiro atoms. The summed E-state index contributed by atoms with van der Waals surface area (Å²) in [5.41, 5.74) is 7.00. The van der Waals surface area contributed by atoms with Crippen molar-refractivity contribution in [1.82, 2.24) is 14.7 Å². The second-order valence-corrected chi connectivity index (χ2v) is 5.72. The standard InChI is InChI=1S/C12H19ClN4O/c1-8-9(10(13)16(3)15-8)6-17-5-4-12(2,7-17)11(14)18/h4-7H2,1-3H3,(H2,14,18). The minimum atomic E-state index is -0.414. The zero-order valence-corrected chi connectivity index (χ0v) is 11.8. The van der Waals surface area contributed by atoms with Crippen LogP contribution in [0.25, 0.3) is 0 Å². The highest BCUT2D eigenvalue weighted by molar-refractivity contribution is 6.30. The lowest BCUT2D eigenvalue weighted by atomic mass is 9.89. The van der Waals surface area contributed by atoms with E-state index in [-0.39, 0.29) is 5.91 Å². The van der Waals surface area contributed by atoms with Crippen molar-refractivity contribution in [2.45, 2.75) is 26.8 Å². The van der Waals surface area contributed by atoms with E-state index in [4.69, 9.17) is 17.3 Å². The maximum absolute atomic E-state index is 11.4. The monoisotopic (exact) mass is 270 g/mol. The number of hydrogen-bond donors (Lipinski definition) is 1. The SMILES string of the molecule is Cc1nn(C)c(Cl)c1CN1CCC(C)(C(N)=O)C1. The molecule has 2 heterocycles. The summed E-state index contributed by atoms with van der Waals surface area (Å²) in [6, 6.07) is 0. The summed E-state index contributed by atoms with van der Waals surface area (Å²) >= 11 is 6.21. The van der Waals surface area contributed by atoms with Crippen LogP contribution in [0.2, 0.25) is 5.15 Å². The third kappa shape index (κ3) is 2.24. The van der Waals surface area contributed by atoms with E-state index >= 15 is 0 Å². The van der Waals surface area contributed by atoms with Gasteiger partial charge in [0.2, 0.25) is 5.91 Å². The molecule has 0 aliphatic carbocycles. The normalized spacial score (nSPS) is 24.7. The van der Waals surface area contributed by atoms with Crippen LogP contribution in [0.1, 0.15) is 24.6 Å². The number of nitrogens with zero attached hydrogens (tertiary/aromatic N) is 3. The van der Waals surface area contributed by atoms with Gasteiger partial charge in [0.25, 0.3) is 0 Å². The first-order valence-corrected chi connectivity index (χ1v) is 6.41. The van der Waals surface area contributed by atoms with Crippen LogP contribution in [-0.2, 0) is 18.4 Å². The summed E-state index contributed by atoms with van der Waals surface area (Å²) in [5.74, 6) is -0.223. The molecule has 1 fully saturated rings. The number of likely N-dealkylation sites (tertiary alicyclic amines) is 1. The van der Waals surface area contributed by atoms with Crippen LogP contribution in [0.4, 0.5) is 0 Å². The molecule has 1 aliphatic rings. The largest absolute Gasteiger partial charge is 0.369 e. The Kier molecular flexibility index (Phi) is 3.38. The minimum absolute atomic E-state index is 0.223. The van der Waals surface area contributed by atoms with Crippen LogP contribution in [0, 0.1) is 12.3 Å². The van der Waals surface area contributed by atoms with Crippen molar-refractivity contribution in [3.63, 3.8) is 0 Å². The Bertz CT molecular complexity index is 485. The number of hydrogen-bond acceptors (Lipinski definition) is 3. The topological polar surface area (TPSA) is 64.2 Å². The molecule has 0 aromatic carbocycles. The second kappa shape index (κ2) is 4.55. The van der Waals surface area contributed by atoms with E-state index in [9.17, 15) is 4.79 Å². The highest BCUT2D eigenvalue weighted by Gasteiger charge is 2.39. The van der Waals surface area contributed by atoms with Crippen LogP contribution < -0.4 is 5.73 Å². The predicted octanol–water partition coefficient (Wildman–Crippen LogP) is 1.08. The Hall–Kier alpha value is -1.07. The first kappa shape index (κ1) is 13.4. The second-order valence-electron chi connectivity index (χ2n) is 5.36. The average molecular weight is 271 g/mol. The fourth-order valence-electron chi connectivity index (χ4n) is 2.47. The Balaban J connectivity index is 2.10. The quantitative estimate of drug-likeness (QED) is 0.894. The van der Waals surface area contributed by atoms with E-state index in [1.54, 1.807) is 4.68 Å². The lowest BCUT2D eigenvalue weighted by molar-refractivity contribution is -0.126. The molecule has 1 atom stereocenters. The first-order chi connectivity index (χ1) is 8.33. The molecular formula is C12H19ClN4O. The fourth-order valence-corrected chi connectivity index (χ4v) is 2.70. The Morgan fingerprint density at radius 3 is 2.72 bits per heavy atom. The zero-order chi connectivity index (χ0) is 13.5. The first-order valence-electron chi connectivity index (χ1n) is 6.04. The van der Waals surface area contributed by atoms with Crippen molar-refractivity contribution in [3.8, 4) is 0 Å². The van der Waals surface area contributed by atoms with Crippen molar-refractivity contribution in [2.24, 2.45) is 18.2 Å². The lowest BCUT2D eigenvalue weighted by Gasteiger charge is -2.20. The van der Waals surface area contributed by atoms with E-state index in [2.05, 4.69) is 10.00 Å². The number of aryl methyl sites for hydroxylation is 2. The molecular weight excluding hydrogens is 252 g/mol. The lowest BCUT2D eigenvalue weighted by Crippen LogP contribution is -2.37. The predicted molar refractivity (Wildman–Crippen MR) is 70.2 cm³/mol. The number of primary amides is 1. The van der Waals surface area contributed by atoms with Gasteiger partial charge in [-0.15, -0.1) is 0 Å². The molecule has 1 unspecified atom stereocenters. The summed E-state index contributed by atoms with van der Waals surface area (Å²) in [4.78, 5) is 13.6. The molecule has 18 heavy (non-hydrogen) atoms. The zero-order valence-electron chi connectivity index (χ0n) is 11.0. The number of carbonyl (C=O) groups is 1. The van der Waals surface area contributed by atoms with Crippen LogP contribution in [0.15, 0.2) is 0 Å². The number of amides is 1. The highest BCUT2D eigenvalue weighted by Crippen LogP contribution is 2.31. The average Bonchev–Trinajstić information content (AvgIpc) is 2.77. The van der Waals surface area contributed by atoms with Crippen molar-refractivity contribution in [1.29, 1.82) is 0 Å². The number of rotatable bonds is 3. The van der Waals surface area contributed by atoms with Crippen molar-refractivity contribution < 1.29 is 4.79 Å². The summed E-state index contributed by atoms with van der Waals surface area (Å²) in [5, 5.41) is 4.96. The van der Waals surface area contributed by atoms with Crippen LogP contribution >= 0.6 is 11.6 Å².